The van der Waals surface area contributed by atoms with E-state index in [0.717, 1.165) is 0 Å². The van der Waals surface area contributed by atoms with Crippen LogP contribution in [0.25, 0.3) is 5.52 Å². The summed E-state index contributed by atoms with van der Waals surface area (Å²) in [5.74, 6) is -1.41. The predicted octanol–water partition coefficient (Wildman–Crippen LogP) is 0.479. The van der Waals surface area contributed by atoms with Gasteiger partial charge in [0, 0.05) is 19.2 Å². The lowest BCUT2D eigenvalue weighted by Crippen LogP contribution is -2.49. The van der Waals surface area contributed by atoms with E-state index >= 15 is 0 Å². The summed E-state index contributed by atoms with van der Waals surface area (Å²) in [6, 6.07) is 2.72. The molecular weight excluding hydrogens is 264 g/mol. The Morgan fingerprint density at radius 1 is 1.35 bits per heavy atom. The number of fused-ring (bicyclic) bond motifs is 1. The lowest BCUT2D eigenvalue weighted by Gasteiger charge is -2.26. The number of anilines is 1. The molecule has 3 rings (SSSR count). The van der Waals surface area contributed by atoms with Crippen LogP contribution in [0.2, 0.25) is 0 Å². The van der Waals surface area contributed by atoms with Crippen LogP contribution in [0.3, 0.4) is 0 Å². The zero-order valence-corrected chi connectivity index (χ0v) is 10.2. The Bertz CT molecular complexity index is 736. The summed E-state index contributed by atoms with van der Waals surface area (Å²) in [5.41, 5.74) is 0.960. The zero-order chi connectivity index (χ0) is 14.3. The molecule has 0 aliphatic carbocycles. The second kappa shape index (κ2) is 4.34. The maximum Gasteiger partial charge on any atom is 0.356 e. The summed E-state index contributed by atoms with van der Waals surface area (Å²) in [5, 5.41) is 11.2. The summed E-state index contributed by atoms with van der Waals surface area (Å²) in [6.07, 6.45) is 3.20. The molecule has 1 fully saturated rings. The molecule has 0 atom stereocenters. The van der Waals surface area contributed by atoms with E-state index in [1.54, 1.807) is 18.3 Å². The molecule has 2 N–H and O–H groups in total. The Balaban J connectivity index is 1.99. The third-order valence-corrected chi connectivity index (χ3v) is 3.08. The summed E-state index contributed by atoms with van der Waals surface area (Å²) >= 11 is 0. The predicted molar refractivity (Wildman–Crippen MR) is 67.7 cm³/mol. The number of nitrogens with one attached hydrogen (secondary N) is 1. The summed E-state index contributed by atoms with van der Waals surface area (Å²) in [7, 11) is 0. The van der Waals surface area contributed by atoms with Gasteiger partial charge in [-0.15, -0.1) is 0 Å². The van der Waals surface area contributed by atoms with Crippen molar-refractivity contribution in [2.45, 2.75) is 6.42 Å². The Morgan fingerprint density at radius 3 is 2.85 bits per heavy atom. The third kappa shape index (κ3) is 1.87. The smallest absolute Gasteiger partial charge is 0.356 e. The molecule has 2 aromatic heterocycles. The first-order valence-corrected chi connectivity index (χ1v) is 5.87. The molecule has 1 aliphatic heterocycles. The second-order valence-corrected chi connectivity index (χ2v) is 4.33. The van der Waals surface area contributed by atoms with E-state index in [-0.39, 0.29) is 24.6 Å². The van der Waals surface area contributed by atoms with Crippen LogP contribution in [0, 0.1) is 0 Å². The fraction of sp³-hybridized carbons (Fsp3) is 0.167. The van der Waals surface area contributed by atoms with Crippen LogP contribution in [0.15, 0.2) is 24.7 Å². The van der Waals surface area contributed by atoms with Crippen molar-refractivity contribution in [3.05, 3.63) is 30.4 Å². The first-order valence-electron chi connectivity index (χ1n) is 5.87. The van der Waals surface area contributed by atoms with Crippen molar-refractivity contribution >= 4 is 29.1 Å². The molecule has 0 radical (unpaired) electrons. The van der Waals surface area contributed by atoms with Gasteiger partial charge in [0.15, 0.2) is 5.69 Å². The first-order chi connectivity index (χ1) is 9.56. The standard InChI is InChI=1S/C12H10N4O4/c17-9-3-4-16(12(20)14-9)7-1-2-8-10(11(18)19)13-6-15(8)5-7/h1-2,5-6H,3-4H2,(H,18,19)(H,14,17,20). The largest absolute Gasteiger partial charge is 0.476 e. The van der Waals surface area contributed by atoms with Gasteiger partial charge in [0.05, 0.1) is 11.2 Å². The topological polar surface area (TPSA) is 104 Å². The minimum absolute atomic E-state index is 0.0465. The minimum Gasteiger partial charge on any atom is -0.476 e. The molecule has 8 heteroatoms. The van der Waals surface area contributed by atoms with Crippen LogP contribution in [0.5, 0.6) is 0 Å². The first kappa shape index (κ1) is 12.2. The summed E-state index contributed by atoms with van der Waals surface area (Å²) in [6.45, 7) is 0.288. The number of amides is 3. The monoisotopic (exact) mass is 274 g/mol. The van der Waals surface area contributed by atoms with E-state index < -0.39 is 12.0 Å². The van der Waals surface area contributed by atoms with Gasteiger partial charge in [0.1, 0.15) is 6.33 Å². The molecule has 3 heterocycles. The van der Waals surface area contributed by atoms with E-state index in [1.165, 1.54) is 15.6 Å². The molecule has 3 amide bonds. The highest BCUT2D eigenvalue weighted by atomic mass is 16.4. The number of carboxylic acids is 1. The fourth-order valence-electron chi connectivity index (χ4n) is 2.12. The number of aromatic nitrogens is 2. The Labute approximate surface area is 112 Å². The van der Waals surface area contributed by atoms with Crippen molar-refractivity contribution in [2.24, 2.45) is 0 Å². The van der Waals surface area contributed by atoms with Crippen molar-refractivity contribution in [3.63, 3.8) is 0 Å². The van der Waals surface area contributed by atoms with Gasteiger partial charge in [-0.2, -0.15) is 0 Å². The molecule has 0 saturated carbocycles. The minimum atomic E-state index is -1.11. The number of pyridine rings is 1. The Morgan fingerprint density at radius 2 is 2.15 bits per heavy atom. The number of carbonyl (C=O) groups is 3. The molecule has 20 heavy (non-hydrogen) atoms. The van der Waals surface area contributed by atoms with Gasteiger partial charge in [0.25, 0.3) is 0 Å². The maximum atomic E-state index is 11.7. The number of imide groups is 1. The number of carbonyl (C=O) groups excluding carboxylic acids is 2. The number of rotatable bonds is 2. The molecule has 102 valence electrons. The number of imidazole rings is 1. The van der Waals surface area contributed by atoms with Crippen molar-refractivity contribution in [2.75, 3.05) is 11.4 Å². The van der Waals surface area contributed by atoms with Crippen LogP contribution in [-0.2, 0) is 4.79 Å². The van der Waals surface area contributed by atoms with Crippen LogP contribution in [-0.4, -0.2) is 38.9 Å². The molecule has 2 aromatic rings. The highest BCUT2D eigenvalue weighted by Crippen LogP contribution is 2.20. The van der Waals surface area contributed by atoms with E-state index in [4.69, 9.17) is 5.11 Å². The van der Waals surface area contributed by atoms with E-state index in [9.17, 15) is 14.4 Å². The van der Waals surface area contributed by atoms with Crippen molar-refractivity contribution in [1.29, 1.82) is 0 Å². The molecule has 8 nitrogen and oxygen atoms in total. The molecule has 1 aliphatic rings. The SMILES string of the molecule is O=C1CCN(c2ccc3c(C(=O)O)ncn3c2)C(=O)N1. The normalized spacial score (nSPS) is 15.5. The van der Waals surface area contributed by atoms with E-state index in [2.05, 4.69) is 10.3 Å². The van der Waals surface area contributed by atoms with Gasteiger partial charge in [-0.25, -0.2) is 14.6 Å². The van der Waals surface area contributed by atoms with Crippen molar-refractivity contribution in [1.82, 2.24) is 14.7 Å². The lowest BCUT2D eigenvalue weighted by molar-refractivity contribution is -0.120. The number of aromatic carboxylic acids is 1. The third-order valence-electron chi connectivity index (χ3n) is 3.08. The van der Waals surface area contributed by atoms with E-state index in [1.807, 2.05) is 0 Å². The molecular formula is C12H10N4O4. The van der Waals surface area contributed by atoms with Crippen molar-refractivity contribution < 1.29 is 19.5 Å². The number of hydrogen-bond donors (Lipinski definition) is 2. The van der Waals surface area contributed by atoms with Crippen LogP contribution >= 0.6 is 0 Å². The van der Waals surface area contributed by atoms with Gasteiger partial charge >= 0.3 is 12.0 Å². The highest BCUT2D eigenvalue weighted by molar-refractivity contribution is 6.05. The second-order valence-electron chi connectivity index (χ2n) is 4.33. The van der Waals surface area contributed by atoms with E-state index in [0.29, 0.717) is 11.2 Å². The number of urea groups is 1. The van der Waals surface area contributed by atoms with Gasteiger partial charge in [-0.05, 0) is 12.1 Å². The Hall–Kier alpha value is -2.90. The van der Waals surface area contributed by atoms with Gasteiger partial charge in [0.2, 0.25) is 5.91 Å². The molecule has 0 bridgehead atoms. The molecule has 0 unspecified atom stereocenters. The summed E-state index contributed by atoms with van der Waals surface area (Å²) < 4.78 is 1.53. The maximum absolute atomic E-state index is 11.7. The lowest BCUT2D eigenvalue weighted by atomic mass is 10.2. The fourth-order valence-corrected chi connectivity index (χ4v) is 2.12. The Kier molecular flexibility index (Phi) is 2.63. The number of carboxylic acid groups (broad SMARTS) is 1. The van der Waals surface area contributed by atoms with Gasteiger partial charge in [-0.1, -0.05) is 0 Å². The average Bonchev–Trinajstić information content (AvgIpc) is 2.81. The van der Waals surface area contributed by atoms with Crippen LogP contribution in [0.1, 0.15) is 16.9 Å². The van der Waals surface area contributed by atoms with Crippen LogP contribution < -0.4 is 10.2 Å². The molecule has 1 saturated heterocycles. The molecule has 0 spiro atoms. The summed E-state index contributed by atoms with van der Waals surface area (Å²) in [4.78, 5) is 39.0. The van der Waals surface area contributed by atoms with Crippen molar-refractivity contribution in [3.8, 4) is 0 Å². The average molecular weight is 274 g/mol. The highest BCUT2D eigenvalue weighted by Gasteiger charge is 2.24. The molecule has 0 aromatic carbocycles. The number of hydrogen-bond acceptors (Lipinski definition) is 4. The van der Waals surface area contributed by atoms with Crippen LogP contribution in [0.4, 0.5) is 10.5 Å². The van der Waals surface area contributed by atoms with Gasteiger partial charge < -0.3 is 9.51 Å². The van der Waals surface area contributed by atoms with Gasteiger partial charge in [-0.3, -0.25) is 15.0 Å². The zero-order valence-electron chi connectivity index (χ0n) is 10.2. The number of nitrogens with zero attached hydrogens (tertiary/aromatic N) is 3. The quantitative estimate of drug-likeness (QED) is 0.828.